The number of ether oxygens (including phenoxy) is 1. The van der Waals surface area contributed by atoms with Gasteiger partial charge in [0.15, 0.2) is 0 Å². The number of rotatable bonds is 1. The smallest absolute Gasteiger partial charge is 0.410 e. The molecule has 4 heterocycles. The van der Waals surface area contributed by atoms with Crippen LogP contribution in [0.1, 0.15) is 35.4 Å². The van der Waals surface area contributed by atoms with Crippen LogP contribution in [0.25, 0.3) is 5.78 Å². The highest BCUT2D eigenvalue weighted by Gasteiger charge is 2.45. The van der Waals surface area contributed by atoms with Crippen LogP contribution in [0.4, 0.5) is 4.79 Å². The van der Waals surface area contributed by atoms with E-state index < -0.39 is 5.60 Å². The number of aryl methyl sites for hydroxylation is 1. The summed E-state index contributed by atoms with van der Waals surface area (Å²) in [7, 11) is 1.75. The highest BCUT2D eigenvalue weighted by molar-refractivity contribution is 5.94. The summed E-state index contributed by atoms with van der Waals surface area (Å²) in [4.78, 5) is 36.9. The molecule has 0 unspecified atom stereocenters. The molecule has 1 spiro atoms. The SMILES string of the molecule is Cc1nc2ncccn2c1C(=O)N1CCC[C@@]2(CC1)CN(C)C(=O)O2. The first-order chi connectivity index (χ1) is 12.0. The molecule has 8 nitrogen and oxygen atoms in total. The van der Waals surface area contributed by atoms with Gasteiger partial charge in [0.1, 0.15) is 11.3 Å². The normalized spacial score (nSPS) is 24.0. The Kier molecular flexibility index (Phi) is 3.63. The second-order valence-electron chi connectivity index (χ2n) is 6.89. The summed E-state index contributed by atoms with van der Waals surface area (Å²) in [5, 5.41) is 0. The molecule has 0 bridgehead atoms. The molecule has 2 amide bonds. The van der Waals surface area contributed by atoms with Crippen molar-refractivity contribution >= 4 is 17.8 Å². The Morgan fingerprint density at radius 1 is 1.32 bits per heavy atom. The van der Waals surface area contributed by atoms with Gasteiger partial charge in [-0.05, 0) is 25.8 Å². The van der Waals surface area contributed by atoms with Crippen LogP contribution >= 0.6 is 0 Å². The number of likely N-dealkylation sites (N-methyl/N-ethyl adjacent to an activating group) is 1. The number of hydrogen-bond donors (Lipinski definition) is 0. The van der Waals surface area contributed by atoms with Gasteiger partial charge in [0.2, 0.25) is 5.78 Å². The van der Waals surface area contributed by atoms with Gasteiger partial charge >= 0.3 is 6.09 Å². The van der Waals surface area contributed by atoms with Gasteiger partial charge < -0.3 is 14.5 Å². The Balaban J connectivity index is 1.57. The van der Waals surface area contributed by atoms with Crippen LogP contribution in [0.5, 0.6) is 0 Å². The van der Waals surface area contributed by atoms with Crippen LogP contribution < -0.4 is 0 Å². The summed E-state index contributed by atoms with van der Waals surface area (Å²) in [6.07, 6.45) is 5.44. The Morgan fingerprint density at radius 2 is 2.16 bits per heavy atom. The molecule has 2 aliphatic rings. The van der Waals surface area contributed by atoms with E-state index in [9.17, 15) is 9.59 Å². The Morgan fingerprint density at radius 3 is 2.92 bits per heavy atom. The zero-order chi connectivity index (χ0) is 17.6. The van der Waals surface area contributed by atoms with Gasteiger partial charge in [-0.15, -0.1) is 0 Å². The van der Waals surface area contributed by atoms with E-state index in [2.05, 4.69) is 9.97 Å². The third-order valence-electron chi connectivity index (χ3n) is 5.11. The number of aromatic nitrogens is 3. The summed E-state index contributed by atoms with van der Waals surface area (Å²) < 4.78 is 7.35. The molecule has 0 aliphatic carbocycles. The van der Waals surface area contributed by atoms with Gasteiger partial charge in [0, 0.05) is 39.0 Å². The molecule has 0 aromatic carbocycles. The first kappa shape index (κ1) is 15.9. The minimum absolute atomic E-state index is 0.0484. The largest absolute Gasteiger partial charge is 0.441 e. The lowest BCUT2D eigenvalue weighted by Crippen LogP contribution is -2.37. The van der Waals surface area contributed by atoms with E-state index in [4.69, 9.17) is 4.74 Å². The number of fused-ring (bicyclic) bond motifs is 1. The number of nitrogens with zero attached hydrogens (tertiary/aromatic N) is 5. The van der Waals surface area contributed by atoms with Crippen molar-refractivity contribution in [3.05, 3.63) is 29.8 Å². The van der Waals surface area contributed by atoms with Gasteiger partial charge in [-0.3, -0.25) is 9.20 Å². The zero-order valence-electron chi connectivity index (χ0n) is 14.4. The molecule has 0 saturated carbocycles. The number of likely N-dealkylation sites (tertiary alicyclic amines) is 1. The van der Waals surface area contributed by atoms with Crippen molar-refractivity contribution in [3.8, 4) is 0 Å². The van der Waals surface area contributed by atoms with Gasteiger partial charge in [0.25, 0.3) is 5.91 Å². The summed E-state index contributed by atoms with van der Waals surface area (Å²) in [6.45, 7) is 3.63. The first-order valence-electron chi connectivity index (χ1n) is 8.52. The van der Waals surface area contributed by atoms with Gasteiger partial charge in [-0.25, -0.2) is 14.8 Å². The number of amides is 2. The summed E-state index contributed by atoms with van der Waals surface area (Å²) in [6, 6.07) is 1.79. The first-order valence-corrected chi connectivity index (χ1v) is 8.52. The second-order valence-corrected chi connectivity index (χ2v) is 6.89. The van der Waals surface area contributed by atoms with E-state index in [1.54, 1.807) is 28.6 Å². The Bertz CT molecular complexity index is 848. The molecule has 2 aromatic rings. The molecular weight excluding hydrogens is 322 g/mol. The van der Waals surface area contributed by atoms with E-state index in [-0.39, 0.29) is 12.0 Å². The lowest BCUT2D eigenvalue weighted by molar-refractivity contribution is 0.0438. The predicted molar refractivity (Wildman–Crippen MR) is 89.3 cm³/mol. The third kappa shape index (κ3) is 2.61. The summed E-state index contributed by atoms with van der Waals surface area (Å²) >= 11 is 0. The molecule has 2 saturated heterocycles. The van der Waals surface area contributed by atoms with Crippen molar-refractivity contribution in [2.75, 3.05) is 26.7 Å². The second kappa shape index (κ2) is 5.72. The third-order valence-corrected chi connectivity index (χ3v) is 5.11. The molecular formula is C17H21N5O3. The van der Waals surface area contributed by atoms with E-state index >= 15 is 0 Å². The lowest BCUT2D eigenvalue weighted by Gasteiger charge is -2.25. The van der Waals surface area contributed by atoms with Crippen molar-refractivity contribution < 1.29 is 14.3 Å². The van der Waals surface area contributed by atoms with Gasteiger partial charge in [-0.1, -0.05) is 0 Å². The highest BCUT2D eigenvalue weighted by Crippen LogP contribution is 2.33. The van der Waals surface area contributed by atoms with Crippen molar-refractivity contribution in [2.45, 2.75) is 31.8 Å². The molecule has 0 radical (unpaired) electrons. The van der Waals surface area contributed by atoms with Crippen LogP contribution in [0.3, 0.4) is 0 Å². The average Bonchev–Trinajstić information content (AvgIpc) is 2.96. The Labute approximate surface area is 145 Å². The molecule has 2 aliphatic heterocycles. The maximum absolute atomic E-state index is 13.1. The number of hydrogen-bond acceptors (Lipinski definition) is 5. The topological polar surface area (TPSA) is 80.0 Å². The van der Waals surface area contributed by atoms with Gasteiger partial charge in [-0.2, -0.15) is 0 Å². The number of carbonyl (C=O) groups excluding carboxylic acids is 2. The fraction of sp³-hybridized carbons (Fsp3) is 0.529. The standard InChI is InChI=1S/C17H21N5O3/c1-12-13(22-9-4-7-18-15(22)19-12)14(23)21-8-3-5-17(6-10-21)11-20(2)16(24)25-17/h4,7,9H,3,5-6,8,10-11H2,1-2H3/t17-/m1/s1. The summed E-state index contributed by atoms with van der Waals surface area (Å²) in [5.41, 5.74) is 0.769. The van der Waals surface area contributed by atoms with Crippen LogP contribution in [-0.4, -0.2) is 68.5 Å². The maximum Gasteiger partial charge on any atom is 0.410 e. The molecule has 25 heavy (non-hydrogen) atoms. The molecule has 2 fully saturated rings. The highest BCUT2D eigenvalue weighted by atomic mass is 16.6. The van der Waals surface area contributed by atoms with Crippen molar-refractivity contribution in [1.82, 2.24) is 24.2 Å². The zero-order valence-corrected chi connectivity index (χ0v) is 14.4. The molecule has 4 rings (SSSR count). The van der Waals surface area contributed by atoms with E-state index in [1.807, 2.05) is 18.0 Å². The van der Waals surface area contributed by atoms with Crippen LogP contribution in [0.15, 0.2) is 18.5 Å². The molecule has 0 N–H and O–H groups in total. The monoisotopic (exact) mass is 343 g/mol. The van der Waals surface area contributed by atoms with Crippen molar-refractivity contribution in [1.29, 1.82) is 0 Å². The quantitative estimate of drug-likeness (QED) is 0.784. The molecule has 1 atom stereocenters. The fourth-order valence-electron chi connectivity index (χ4n) is 3.83. The number of imidazole rings is 1. The van der Waals surface area contributed by atoms with Gasteiger partial charge in [0.05, 0.1) is 12.2 Å². The van der Waals surface area contributed by atoms with Crippen LogP contribution in [-0.2, 0) is 4.74 Å². The van der Waals surface area contributed by atoms with Crippen LogP contribution in [0.2, 0.25) is 0 Å². The predicted octanol–water partition coefficient (Wildman–Crippen LogP) is 1.48. The van der Waals surface area contributed by atoms with E-state index in [1.165, 1.54) is 0 Å². The average molecular weight is 343 g/mol. The van der Waals surface area contributed by atoms with Crippen LogP contribution in [0, 0.1) is 6.92 Å². The maximum atomic E-state index is 13.1. The fourth-order valence-corrected chi connectivity index (χ4v) is 3.83. The minimum Gasteiger partial charge on any atom is -0.441 e. The van der Waals surface area contributed by atoms with Crippen molar-refractivity contribution in [2.24, 2.45) is 0 Å². The molecule has 132 valence electrons. The van der Waals surface area contributed by atoms with E-state index in [0.717, 1.165) is 12.8 Å². The summed E-state index contributed by atoms with van der Waals surface area (Å²) in [5.74, 6) is 0.480. The lowest BCUT2D eigenvalue weighted by atomic mass is 9.95. The van der Waals surface area contributed by atoms with E-state index in [0.29, 0.717) is 43.2 Å². The molecule has 2 aromatic heterocycles. The minimum atomic E-state index is -0.461. The number of carbonyl (C=O) groups is 2. The molecule has 8 heteroatoms. The van der Waals surface area contributed by atoms with Crippen molar-refractivity contribution in [3.63, 3.8) is 0 Å². The Hall–Kier alpha value is -2.64.